The van der Waals surface area contributed by atoms with Crippen LogP contribution in [0.3, 0.4) is 0 Å². The van der Waals surface area contributed by atoms with Crippen molar-refractivity contribution < 1.29 is 0 Å². The Balaban J connectivity index is 1.94. The maximum absolute atomic E-state index is 4.41. The van der Waals surface area contributed by atoms with Gasteiger partial charge in [0.25, 0.3) is 0 Å². The van der Waals surface area contributed by atoms with Gasteiger partial charge in [0.05, 0.1) is 0 Å². The van der Waals surface area contributed by atoms with Crippen LogP contribution < -0.4 is 5.32 Å². The molecule has 1 saturated heterocycles. The third-order valence-electron chi connectivity index (χ3n) is 3.42. The summed E-state index contributed by atoms with van der Waals surface area (Å²) in [5.74, 6) is 0. The molecule has 18 heavy (non-hydrogen) atoms. The number of thiazole rings is 1. The Hall–Kier alpha value is -0.650. The van der Waals surface area contributed by atoms with Crippen molar-refractivity contribution in [2.45, 2.75) is 32.9 Å². The highest BCUT2D eigenvalue weighted by Crippen LogP contribution is 2.21. The fourth-order valence-corrected chi connectivity index (χ4v) is 3.38. The van der Waals surface area contributed by atoms with Crippen LogP contribution in [0.25, 0.3) is 0 Å². The summed E-state index contributed by atoms with van der Waals surface area (Å²) in [5, 5.41) is 4.32. The lowest BCUT2D eigenvalue weighted by atomic mass is 10.2. The zero-order valence-electron chi connectivity index (χ0n) is 11.6. The summed E-state index contributed by atoms with van der Waals surface area (Å²) in [4.78, 5) is 10.8. The monoisotopic (exact) mass is 268 g/mol. The summed E-state index contributed by atoms with van der Waals surface area (Å²) in [6, 6.07) is 0.627. The van der Waals surface area contributed by atoms with Crippen molar-refractivity contribution in [1.82, 2.24) is 14.8 Å². The van der Waals surface area contributed by atoms with Crippen LogP contribution in [0.4, 0.5) is 5.13 Å². The standard InChI is InChI=1S/C13H24N4S/c1-4-14-13-15-8-12(18-13)10-17-7-5-6-16(3)9-11(17)2/h8,11H,4-7,9-10H2,1-3H3,(H,14,15). The maximum atomic E-state index is 4.41. The Kier molecular flexibility index (Phi) is 4.97. The van der Waals surface area contributed by atoms with Gasteiger partial charge in [-0.2, -0.15) is 0 Å². The molecule has 4 nitrogen and oxygen atoms in total. The molecule has 1 aromatic heterocycles. The summed E-state index contributed by atoms with van der Waals surface area (Å²) in [6.07, 6.45) is 3.28. The van der Waals surface area contributed by atoms with Crippen molar-refractivity contribution in [3.63, 3.8) is 0 Å². The molecule has 1 atom stereocenters. The minimum absolute atomic E-state index is 0.627. The lowest BCUT2D eigenvalue weighted by Gasteiger charge is -2.27. The molecule has 1 fully saturated rings. The molecular weight excluding hydrogens is 244 g/mol. The molecule has 0 bridgehead atoms. The highest BCUT2D eigenvalue weighted by atomic mass is 32.1. The van der Waals surface area contributed by atoms with E-state index in [1.807, 2.05) is 6.20 Å². The first-order chi connectivity index (χ1) is 8.69. The first kappa shape index (κ1) is 13.8. The zero-order valence-corrected chi connectivity index (χ0v) is 12.5. The van der Waals surface area contributed by atoms with E-state index in [1.165, 1.54) is 30.9 Å². The quantitative estimate of drug-likeness (QED) is 0.906. The van der Waals surface area contributed by atoms with Crippen molar-refractivity contribution in [3.05, 3.63) is 11.1 Å². The molecule has 1 aliphatic rings. The fourth-order valence-electron chi connectivity index (χ4n) is 2.47. The van der Waals surface area contributed by atoms with Crippen molar-refractivity contribution >= 4 is 16.5 Å². The summed E-state index contributed by atoms with van der Waals surface area (Å²) >= 11 is 1.78. The second-order valence-electron chi connectivity index (χ2n) is 5.10. The van der Waals surface area contributed by atoms with Gasteiger partial charge in [0, 0.05) is 43.3 Å². The SMILES string of the molecule is CCNc1ncc(CN2CCCN(C)CC2C)s1. The van der Waals surface area contributed by atoms with E-state index in [0.717, 1.165) is 18.2 Å². The first-order valence-corrected chi connectivity index (χ1v) is 7.62. The topological polar surface area (TPSA) is 31.4 Å². The second kappa shape index (κ2) is 6.50. The first-order valence-electron chi connectivity index (χ1n) is 6.80. The molecule has 1 unspecified atom stereocenters. The molecule has 0 aromatic carbocycles. The number of likely N-dealkylation sites (N-methyl/N-ethyl adjacent to an activating group) is 1. The third-order valence-corrected chi connectivity index (χ3v) is 4.36. The van der Waals surface area contributed by atoms with Gasteiger partial charge in [0.1, 0.15) is 0 Å². The van der Waals surface area contributed by atoms with Gasteiger partial charge in [0.15, 0.2) is 5.13 Å². The van der Waals surface area contributed by atoms with Crippen molar-refractivity contribution in [2.75, 3.05) is 38.5 Å². The molecule has 0 saturated carbocycles. The molecule has 1 aliphatic heterocycles. The highest BCUT2D eigenvalue weighted by molar-refractivity contribution is 7.15. The minimum Gasteiger partial charge on any atom is -0.362 e. The number of hydrogen-bond donors (Lipinski definition) is 1. The Labute approximate surface area is 114 Å². The molecule has 2 rings (SSSR count). The molecule has 102 valence electrons. The van der Waals surface area contributed by atoms with Crippen LogP contribution in [-0.2, 0) is 6.54 Å². The molecule has 5 heteroatoms. The minimum atomic E-state index is 0.627. The molecular formula is C13H24N4S. The van der Waals surface area contributed by atoms with Crippen molar-refractivity contribution in [1.29, 1.82) is 0 Å². The van der Waals surface area contributed by atoms with Crippen LogP contribution in [0.5, 0.6) is 0 Å². The van der Waals surface area contributed by atoms with Gasteiger partial charge in [-0.3, -0.25) is 4.90 Å². The molecule has 0 amide bonds. The maximum Gasteiger partial charge on any atom is 0.182 e. The van der Waals surface area contributed by atoms with Gasteiger partial charge in [-0.15, -0.1) is 11.3 Å². The average molecular weight is 268 g/mol. The molecule has 1 aromatic rings. The summed E-state index contributed by atoms with van der Waals surface area (Å²) in [6.45, 7) is 9.99. The number of aromatic nitrogens is 1. The molecule has 0 spiro atoms. The Morgan fingerprint density at radius 3 is 3.11 bits per heavy atom. The largest absolute Gasteiger partial charge is 0.362 e. The number of nitrogens with one attached hydrogen (secondary N) is 1. The van der Waals surface area contributed by atoms with E-state index >= 15 is 0 Å². The smallest absolute Gasteiger partial charge is 0.182 e. The number of hydrogen-bond acceptors (Lipinski definition) is 5. The lowest BCUT2D eigenvalue weighted by molar-refractivity contribution is 0.196. The summed E-state index contributed by atoms with van der Waals surface area (Å²) in [7, 11) is 2.22. The highest BCUT2D eigenvalue weighted by Gasteiger charge is 2.20. The molecule has 0 aliphatic carbocycles. The Bertz CT molecular complexity index is 366. The Morgan fingerprint density at radius 2 is 2.33 bits per heavy atom. The normalized spacial score (nSPS) is 22.9. The molecule has 0 radical (unpaired) electrons. The van der Waals surface area contributed by atoms with E-state index < -0.39 is 0 Å². The van der Waals surface area contributed by atoms with Crippen LogP contribution in [0.1, 0.15) is 25.1 Å². The number of anilines is 1. The molecule has 2 heterocycles. The lowest BCUT2D eigenvalue weighted by Crippen LogP contribution is -2.37. The van der Waals surface area contributed by atoms with Gasteiger partial charge >= 0.3 is 0 Å². The van der Waals surface area contributed by atoms with E-state index in [-0.39, 0.29) is 0 Å². The van der Waals surface area contributed by atoms with E-state index in [9.17, 15) is 0 Å². The van der Waals surface area contributed by atoms with E-state index in [0.29, 0.717) is 6.04 Å². The van der Waals surface area contributed by atoms with Gasteiger partial charge < -0.3 is 10.2 Å². The van der Waals surface area contributed by atoms with Gasteiger partial charge in [-0.05, 0) is 33.9 Å². The average Bonchev–Trinajstić information content (AvgIpc) is 2.69. The van der Waals surface area contributed by atoms with Crippen LogP contribution in [0.2, 0.25) is 0 Å². The van der Waals surface area contributed by atoms with Crippen molar-refractivity contribution in [3.8, 4) is 0 Å². The van der Waals surface area contributed by atoms with Gasteiger partial charge in [-0.25, -0.2) is 4.98 Å². The van der Waals surface area contributed by atoms with Crippen LogP contribution in [0, 0.1) is 0 Å². The summed E-state index contributed by atoms with van der Waals surface area (Å²) < 4.78 is 0. The van der Waals surface area contributed by atoms with Gasteiger partial charge in [-0.1, -0.05) is 0 Å². The van der Waals surface area contributed by atoms with Crippen LogP contribution >= 0.6 is 11.3 Å². The second-order valence-corrected chi connectivity index (χ2v) is 6.21. The Morgan fingerprint density at radius 1 is 1.50 bits per heavy atom. The zero-order chi connectivity index (χ0) is 13.0. The predicted octanol–water partition coefficient (Wildman–Crippen LogP) is 2.10. The van der Waals surface area contributed by atoms with E-state index in [4.69, 9.17) is 0 Å². The van der Waals surface area contributed by atoms with E-state index in [2.05, 4.69) is 41.0 Å². The molecule has 1 N–H and O–H groups in total. The third kappa shape index (κ3) is 3.67. The van der Waals surface area contributed by atoms with Crippen LogP contribution in [0.15, 0.2) is 6.20 Å². The predicted molar refractivity (Wildman–Crippen MR) is 78.3 cm³/mol. The summed E-state index contributed by atoms with van der Waals surface area (Å²) in [5.41, 5.74) is 0. The van der Waals surface area contributed by atoms with Crippen molar-refractivity contribution in [2.24, 2.45) is 0 Å². The van der Waals surface area contributed by atoms with Gasteiger partial charge in [0.2, 0.25) is 0 Å². The fraction of sp³-hybridized carbons (Fsp3) is 0.769. The van der Waals surface area contributed by atoms with E-state index in [1.54, 1.807) is 11.3 Å². The van der Waals surface area contributed by atoms with Crippen LogP contribution in [-0.4, -0.2) is 54.1 Å². The number of rotatable bonds is 4. The number of nitrogens with zero attached hydrogens (tertiary/aromatic N) is 3.